The molecule has 23 nitrogen and oxygen atoms in total. The third kappa shape index (κ3) is 19.7. The first kappa shape index (κ1) is 77.9. The van der Waals surface area contributed by atoms with Crippen molar-refractivity contribution >= 4 is 127 Å². The van der Waals surface area contributed by atoms with Crippen molar-refractivity contribution in [3.05, 3.63) is 82.6 Å². The smallest absolute Gasteiger partial charge is 1.00 e. The molecule has 4 aliphatic rings. The van der Waals surface area contributed by atoms with E-state index in [1.165, 1.54) is 47.4 Å². The summed E-state index contributed by atoms with van der Waals surface area (Å²) >= 11 is 17.3. The monoisotopic (exact) mass is 1440 g/mol. The Labute approximate surface area is 653 Å². The van der Waals surface area contributed by atoms with Crippen molar-refractivity contribution in [2.45, 2.75) is 119 Å². The minimum atomic E-state index is -0.607. The number of nitrogens with zero attached hydrogens (tertiary/aromatic N) is 11. The molecule has 4 aromatic heterocycles. The molecule has 4 saturated heterocycles. The first-order valence-electron chi connectivity index (χ1n) is 29.8. The molecule has 4 aromatic carbocycles. The Morgan fingerprint density at radius 3 is 1.52 bits per heavy atom. The number of rotatable bonds is 11. The standard InChI is InChI=1S/C30H34ClFN6O4S.C22H20ClFN4O2S2.C9H18N2O2.CH2O3.2K.H/c1-30(2,3)42-29(39)37-13-11-36(12-14-37)27-18-8-7-9-22(25(18)34-28(35-27)43-4)41-26-19-17-33-38(23-10-5-6-15-40-23)21(19)16-20(32)24(26)31;1-31-21-12-6-5-7-16(19(12)26-22(27-21)32-2)30-20-13-11-25-28(17-8-3-4-9-29-17)15(13)10-14(24)18(20)23;1-9(2,3)13-8(12)11-6-4-10-5-7-11;2-1-4-3;;;/h7-9,16-17,23H,5-6,10-15H2,1-4H3;5-7,10-11,17H,3-4,8-9H2,1-2H3;10H,4-7H2,1-3H3;1,3H;;;/q;;;;2*+1;-1/p-1. The number of hydrogen-bond donors (Lipinski definition) is 1. The second-order valence-electron chi connectivity index (χ2n) is 23.3. The second-order valence-corrected chi connectivity index (χ2v) is 26.4. The van der Waals surface area contributed by atoms with Crippen LogP contribution in [0.15, 0.2) is 76.3 Å². The minimum absolute atomic E-state index is 0. The number of anilines is 1. The molecule has 0 radical (unpaired) electrons. The Morgan fingerprint density at radius 1 is 0.649 bits per heavy atom. The average molecular weight is 1450 g/mol. The van der Waals surface area contributed by atoms with Crippen molar-refractivity contribution in [3.63, 3.8) is 0 Å². The molecular weight excluding hydrogens is 1370 g/mol. The molecule has 0 saturated carbocycles. The van der Waals surface area contributed by atoms with Gasteiger partial charge in [0.25, 0.3) is 6.47 Å². The van der Waals surface area contributed by atoms with Crippen LogP contribution in [-0.2, 0) is 28.6 Å². The molecule has 32 heteroatoms. The molecule has 8 heterocycles. The summed E-state index contributed by atoms with van der Waals surface area (Å²) in [6, 6.07) is 13.9. The van der Waals surface area contributed by atoms with Crippen molar-refractivity contribution in [1.29, 1.82) is 0 Å². The van der Waals surface area contributed by atoms with E-state index in [4.69, 9.17) is 71.6 Å². The van der Waals surface area contributed by atoms with Crippen molar-refractivity contribution < 1.29 is 166 Å². The third-order valence-electron chi connectivity index (χ3n) is 14.7. The molecule has 496 valence electrons. The number of para-hydroxylation sites is 2. The second kappa shape index (κ2) is 36.0. The summed E-state index contributed by atoms with van der Waals surface area (Å²) in [5.74, 6) is 0.835. The molecule has 4 aliphatic heterocycles. The predicted octanol–water partition coefficient (Wildman–Crippen LogP) is 7.13. The predicted molar refractivity (Wildman–Crippen MR) is 351 cm³/mol. The summed E-state index contributed by atoms with van der Waals surface area (Å²) in [6.07, 6.45) is 13.7. The van der Waals surface area contributed by atoms with Crippen LogP contribution in [-0.4, -0.2) is 163 Å². The zero-order valence-corrected chi connectivity index (χ0v) is 64.7. The van der Waals surface area contributed by atoms with Gasteiger partial charge in [-0.2, -0.15) is 10.2 Å². The van der Waals surface area contributed by atoms with Crippen molar-refractivity contribution in [2.75, 3.05) is 89.2 Å². The zero-order valence-electron chi connectivity index (χ0n) is 55.5. The Balaban J connectivity index is 0.000000241. The van der Waals surface area contributed by atoms with Crippen LogP contribution in [0.3, 0.4) is 0 Å². The number of aromatic nitrogens is 8. The number of fused-ring (bicyclic) bond motifs is 4. The van der Waals surface area contributed by atoms with Gasteiger partial charge in [0.2, 0.25) is 0 Å². The molecule has 8 aromatic rings. The van der Waals surface area contributed by atoms with Gasteiger partial charge in [0.1, 0.15) is 54.8 Å². The van der Waals surface area contributed by atoms with E-state index in [1.54, 1.807) is 43.7 Å². The maximum Gasteiger partial charge on any atom is 1.00 e. The average Bonchev–Trinajstić information content (AvgIpc) is 1.75. The Bertz CT molecular complexity index is 3910. The van der Waals surface area contributed by atoms with Gasteiger partial charge in [-0.05, 0) is 123 Å². The van der Waals surface area contributed by atoms with Crippen LogP contribution in [0.5, 0.6) is 23.0 Å². The number of carbonyl (C=O) groups excluding carboxylic acids is 3. The normalized spacial score (nSPS) is 16.7. The molecule has 0 aliphatic carbocycles. The molecule has 2 unspecified atom stereocenters. The minimum Gasteiger partial charge on any atom is -1.00 e. The van der Waals surface area contributed by atoms with E-state index >= 15 is 4.39 Å². The fraction of sp³-hybridized carbons (Fsp3) is 0.468. The van der Waals surface area contributed by atoms with Gasteiger partial charge in [0.05, 0.1) is 34.2 Å². The number of piperazine rings is 2. The SMILES string of the molecule is CC(C)(C)OC(=O)N1CCNCC1.CSc1nc(N2CCN(C(=O)OC(C)(C)C)CC2)c2cccc(Oc3c(Cl)c(F)cc4c3cnn4C3CCCCO3)c2n1.CSc1nc(SC)c2cccc(Oc3c(Cl)c(F)cc4c3cnn4C3CCCCO3)c2n1.O=CO[O-].[H-].[K+].[K+]. The summed E-state index contributed by atoms with van der Waals surface area (Å²) in [5.41, 5.74) is 1.40. The van der Waals surface area contributed by atoms with Crippen molar-refractivity contribution in [3.8, 4) is 23.0 Å². The zero-order chi connectivity index (χ0) is 65.9. The van der Waals surface area contributed by atoms with Gasteiger partial charge in [-0.15, -0.1) is 11.8 Å². The van der Waals surface area contributed by atoms with Gasteiger partial charge < -0.3 is 60.0 Å². The molecular formula is C62H74Cl2F2K2N12O11S3. The topological polar surface area (TPSA) is 248 Å². The van der Waals surface area contributed by atoms with Crippen LogP contribution in [0.4, 0.5) is 24.2 Å². The molecule has 12 rings (SSSR count). The molecule has 94 heavy (non-hydrogen) atoms. The first-order valence-corrected chi connectivity index (χ1v) is 34.2. The van der Waals surface area contributed by atoms with Crippen LogP contribution in [0.1, 0.15) is 93.9 Å². The maximum absolute atomic E-state index is 15.2. The molecule has 0 spiro atoms. The number of ether oxygens (including phenoxy) is 6. The first-order chi connectivity index (χ1) is 44.1. The number of carbonyl (C=O) groups is 3. The Hall–Kier alpha value is -3.49. The molecule has 4 fully saturated rings. The van der Waals surface area contributed by atoms with Gasteiger partial charge in [0.15, 0.2) is 45.8 Å². The van der Waals surface area contributed by atoms with Gasteiger partial charge >= 0.3 is 115 Å². The fourth-order valence-electron chi connectivity index (χ4n) is 10.4. The number of benzene rings is 4. The van der Waals surface area contributed by atoms with Crippen molar-refractivity contribution in [2.24, 2.45) is 0 Å². The number of hydrogen-bond acceptors (Lipinski definition) is 22. The van der Waals surface area contributed by atoms with Crippen LogP contribution < -0.4 is 128 Å². The van der Waals surface area contributed by atoms with E-state index < -0.39 is 17.2 Å². The number of thioether (sulfide) groups is 3. The Morgan fingerprint density at radius 2 is 1.10 bits per heavy atom. The summed E-state index contributed by atoms with van der Waals surface area (Å²) in [4.78, 5) is 59.8. The maximum atomic E-state index is 15.2. The number of amides is 2. The summed E-state index contributed by atoms with van der Waals surface area (Å²) < 4.78 is 68.7. The van der Waals surface area contributed by atoms with E-state index in [9.17, 15) is 14.0 Å². The van der Waals surface area contributed by atoms with E-state index in [2.05, 4.69) is 35.3 Å². The van der Waals surface area contributed by atoms with Gasteiger partial charge in [-0.25, -0.2) is 47.7 Å². The van der Waals surface area contributed by atoms with Crippen molar-refractivity contribution in [1.82, 2.24) is 54.6 Å². The van der Waals surface area contributed by atoms with Gasteiger partial charge in [-0.1, -0.05) is 58.9 Å². The van der Waals surface area contributed by atoms with Crippen LogP contribution in [0.25, 0.3) is 43.6 Å². The number of halogens is 4. The summed E-state index contributed by atoms with van der Waals surface area (Å²) in [5, 5.41) is 25.3. The quantitative estimate of drug-likeness (QED) is 0.0257. The molecule has 0 bridgehead atoms. The largest absolute Gasteiger partial charge is 1.00 e. The van der Waals surface area contributed by atoms with E-state index in [0.29, 0.717) is 94.0 Å². The molecule has 1 N–H and O–H groups in total. The number of nitrogens with one attached hydrogen (secondary N) is 1. The summed E-state index contributed by atoms with van der Waals surface area (Å²) in [6.45, 7) is 17.7. The summed E-state index contributed by atoms with van der Waals surface area (Å²) in [7, 11) is 0. The van der Waals surface area contributed by atoms with Crippen LogP contribution in [0, 0.1) is 11.6 Å². The van der Waals surface area contributed by atoms with Crippen LogP contribution >= 0.6 is 58.5 Å². The van der Waals surface area contributed by atoms with Gasteiger partial charge in [-0.3, -0.25) is 4.79 Å². The fourth-order valence-corrected chi connectivity index (χ4v) is 12.2. The van der Waals surface area contributed by atoms with Gasteiger partial charge in [0, 0.05) is 88.5 Å². The van der Waals surface area contributed by atoms with Crippen LogP contribution in [0.2, 0.25) is 10.0 Å². The van der Waals surface area contributed by atoms with E-state index in [0.717, 1.165) is 86.3 Å². The van der Waals surface area contributed by atoms with E-state index in [1.807, 2.05) is 84.6 Å². The third-order valence-corrected chi connectivity index (χ3v) is 17.2. The molecule has 2 atom stereocenters. The molecule has 2 amide bonds. The van der Waals surface area contributed by atoms with E-state index in [-0.39, 0.29) is 162 Å². The Kier molecular flexibility index (Phi) is 29.8.